The highest BCUT2D eigenvalue weighted by atomic mass is 35.5. The molecule has 0 unspecified atom stereocenters. The van der Waals surface area contributed by atoms with E-state index >= 15 is 0 Å². The van der Waals surface area contributed by atoms with E-state index < -0.39 is 0 Å². The zero-order valence-corrected chi connectivity index (χ0v) is 11.2. The van der Waals surface area contributed by atoms with Gasteiger partial charge in [-0.1, -0.05) is 29.8 Å². The molecule has 4 nitrogen and oxygen atoms in total. The van der Waals surface area contributed by atoms with Gasteiger partial charge in [0, 0.05) is 23.9 Å². The van der Waals surface area contributed by atoms with Gasteiger partial charge < -0.3 is 15.3 Å². The highest BCUT2D eigenvalue weighted by Crippen LogP contribution is 2.31. The Morgan fingerprint density at radius 1 is 1.21 bits per heavy atom. The van der Waals surface area contributed by atoms with E-state index in [0.717, 1.165) is 5.69 Å². The average Bonchev–Trinajstić information content (AvgIpc) is 2.42. The van der Waals surface area contributed by atoms with Crippen LogP contribution in [0.15, 0.2) is 42.5 Å². The number of phenolic OH excluding ortho intramolecular Hbond substituents is 1. The van der Waals surface area contributed by atoms with Crippen LogP contribution < -0.4 is 15.6 Å². The van der Waals surface area contributed by atoms with Gasteiger partial charge in [0.05, 0.1) is 12.1 Å². The van der Waals surface area contributed by atoms with Crippen molar-refractivity contribution in [2.75, 3.05) is 12.5 Å². The molecule has 2 aromatic rings. The predicted octanol–water partition coefficient (Wildman–Crippen LogP) is 3.17. The quantitative estimate of drug-likeness (QED) is 0.736. The van der Waals surface area contributed by atoms with Crippen LogP contribution in [0.1, 0.15) is 5.56 Å². The summed E-state index contributed by atoms with van der Waals surface area (Å²) in [5.41, 5.74) is 7.58. The number of para-hydroxylation sites is 1. The molecule has 2 aromatic carbocycles. The molecule has 19 heavy (non-hydrogen) atoms. The van der Waals surface area contributed by atoms with E-state index in [0.29, 0.717) is 22.9 Å². The summed E-state index contributed by atoms with van der Waals surface area (Å²) >= 11 is 6.09. The Morgan fingerprint density at radius 2 is 1.95 bits per heavy atom. The van der Waals surface area contributed by atoms with Gasteiger partial charge in [0.2, 0.25) is 0 Å². The van der Waals surface area contributed by atoms with E-state index in [1.54, 1.807) is 6.07 Å². The fourth-order valence-corrected chi connectivity index (χ4v) is 1.92. The van der Waals surface area contributed by atoms with Crippen molar-refractivity contribution in [3.63, 3.8) is 0 Å². The number of rotatable bonds is 5. The van der Waals surface area contributed by atoms with Crippen molar-refractivity contribution in [3.05, 3.63) is 53.1 Å². The summed E-state index contributed by atoms with van der Waals surface area (Å²) in [6, 6.07) is 12.9. The normalized spacial score (nSPS) is 10.2. The van der Waals surface area contributed by atoms with Crippen molar-refractivity contribution in [2.24, 2.45) is 0 Å². The molecular formula is C14H15ClN2O2. The average molecular weight is 279 g/mol. The van der Waals surface area contributed by atoms with Gasteiger partial charge in [-0.05, 0) is 18.2 Å². The molecule has 0 fully saturated rings. The Labute approximate surface area is 116 Å². The summed E-state index contributed by atoms with van der Waals surface area (Å²) in [5.74, 6) is 0.633. The number of methoxy groups -OCH3 is 1. The van der Waals surface area contributed by atoms with E-state index in [-0.39, 0.29) is 5.75 Å². The Bertz CT molecular complexity index is 523. The van der Waals surface area contributed by atoms with Crippen molar-refractivity contribution in [1.29, 1.82) is 0 Å². The molecule has 0 radical (unpaired) electrons. The molecule has 0 atom stereocenters. The van der Waals surface area contributed by atoms with Crippen LogP contribution in [0.5, 0.6) is 11.5 Å². The van der Waals surface area contributed by atoms with Crippen LogP contribution >= 0.6 is 11.6 Å². The number of hydrogen-bond acceptors (Lipinski definition) is 4. The van der Waals surface area contributed by atoms with Gasteiger partial charge in [0.25, 0.3) is 0 Å². The summed E-state index contributed by atoms with van der Waals surface area (Å²) in [7, 11) is 1.53. The Balaban J connectivity index is 2.00. The lowest BCUT2D eigenvalue weighted by Crippen LogP contribution is -2.21. The fraction of sp³-hybridized carbons (Fsp3) is 0.143. The molecule has 3 N–H and O–H groups in total. The van der Waals surface area contributed by atoms with E-state index in [9.17, 15) is 5.11 Å². The molecule has 5 heteroatoms. The second-order valence-corrected chi connectivity index (χ2v) is 4.36. The zero-order valence-electron chi connectivity index (χ0n) is 10.5. The largest absolute Gasteiger partial charge is 0.507 e. The van der Waals surface area contributed by atoms with Crippen molar-refractivity contribution < 1.29 is 9.84 Å². The first-order valence-electron chi connectivity index (χ1n) is 5.80. The number of anilines is 1. The Morgan fingerprint density at radius 3 is 2.58 bits per heavy atom. The first kappa shape index (κ1) is 13.5. The standard InChI is InChI=1S/C14H15ClN2O2/c1-19-11-7-13(15)12(14(18)8-11)9-16-17-10-5-3-2-4-6-10/h2-8,16-18H,9H2,1H3. The molecule has 0 saturated carbocycles. The first-order valence-corrected chi connectivity index (χ1v) is 6.18. The molecule has 0 bridgehead atoms. The third kappa shape index (κ3) is 3.53. The number of hydrogen-bond donors (Lipinski definition) is 3. The van der Waals surface area contributed by atoms with Gasteiger partial charge in [-0.25, -0.2) is 5.43 Å². The number of halogens is 1. The molecule has 0 aliphatic heterocycles. The molecule has 0 saturated heterocycles. The first-order chi connectivity index (χ1) is 9.20. The van der Waals surface area contributed by atoms with Gasteiger partial charge in [-0.3, -0.25) is 0 Å². The second kappa shape index (κ2) is 6.31. The van der Waals surface area contributed by atoms with Crippen LogP contribution in [-0.4, -0.2) is 12.2 Å². The molecule has 0 spiro atoms. The maximum Gasteiger partial charge on any atom is 0.125 e. The van der Waals surface area contributed by atoms with Crippen LogP contribution in [0, 0.1) is 0 Å². The highest BCUT2D eigenvalue weighted by Gasteiger charge is 2.09. The van der Waals surface area contributed by atoms with Gasteiger partial charge >= 0.3 is 0 Å². The summed E-state index contributed by atoms with van der Waals surface area (Å²) in [5, 5.41) is 10.3. The summed E-state index contributed by atoms with van der Waals surface area (Å²) in [6.07, 6.45) is 0. The summed E-state index contributed by atoms with van der Waals surface area (Å²) in [6.45, 7) is 0.392. The van der Waals surface area contributed by atoms with Crippen LogP contribution in [0.3, 0.4) is 0 Å². The summed E-state index contributed by atoms with van der Waals surface area (Å²) < 4.78 is 5.02. The minimum absolute atomic E-state index is 0.103. The topological polar surface area (TPSA) is 53.5 Å². The maximum atomic E-state index is 9.87. The second-order valence-electron chi connectivity index (χ2n) is 3.95. The molecule has 0 aliphatic rings. The zero-order chi connectivity index (χ0) is 13.7. The van der Waals surface area contributed by atoms with E-state index in [4.69, 9.17) is 16.3 Å². The van der Waals surface area contributed by atoms with Gasteiger partial charge in [-0.15, -0.1) is 0 Å². The minimum Gasteiger partial charge on any atom is -0.507 e. The number of ether oxygens (including phenoxy) is 1. The predicted molar refractivity (Wildman–Crippen MR) is 76.6 cm³/mol. The van der Waals surface area contributed by atoms with E-state index in [1.807, 2.05) is 30.3 Å². The summed E-state index contributed by atoms with van der Waals surface area (Å²) in [4.78, 5) is 0. The lowest BCUT2D eigenvalue weighted by molar-refractivity contribution is 0.406. The third-order valence-electron chi connectivity index (χ3n) is 2.65. The van der Waals surface area contributed by atoms with Gasteiger partial charge in [0.15, 0.2) is 0 Å². The smallest absolute Gasteiger partial charge is 0.125 e. The van der Waals surface area contributed by atoms with Gasteiger partial charge in [-0.2, -0.15) is 0 Å². The number of aromatic hydroxyl groups is 1. The van der Waals surface area contributed by atoms with E-state index in [2.05, 4.69) is 10.9 Å². The van der Waals surface area contributed by atoms with Crippen LogP contribution in [-0.2, 0) is 6.54 Å². The van der Waals surface area contributed by atoms with Gasteiger partial charge in [0.1, 0.15) is 11.5 Å². The number of benzene rings is 2. The maximum absolute atomic E-state index is 9.87. The number of nitrogens with one attached hydrogen (secondary N) is 2. The third-order valence-corrected chi connectivity index (χ3v) is 2.99. The molecular weight excluding hydrogens is 264 g/mol. The Hall–Kier alpha value is -1.91. The SMILES string of the molecule is COc1cc(O)c(CNNc2ccccc2)c(Cl)c1. The van der Waals surface area contributed by atoms with Crippen molar-refractivity contribution in [2.45, 2.75) is 6.54 Å². The highest BCUT2D eigenvalue weighted by molar-refractivity contribution is 6.31. The van der Waals surface area contributed by atoms with Crippen LogP contribution in [0.2, 0.25) is 5.02 Å². The van der Waals surface area contributed by atoms with Crippen molar-refractivity contribution >= 4 is 17.3 Å². The molecule has 0 amide bonds. The molecule has 0 aliphatic carbocycles. The van der Waals surface area contributed by atoms with Crippen molar-refractivity contribution in [1.82, 2.24) is 5.43 Å². The Kier molecular flexibility index (Phi) is 4.49. The molecule has 0 aromatic heterocycles. The number of phenols is 1. The lowest BCUT2D eigenvalue weighted by Gasteiger charge is -2.12. The lowest BCUT2D eigenvalue weighted by atomic mass is 10.2. The number of hydrazine groups is 1. The van der Waals surface area contributed by atoms with E-state index in [1.165, 1.54) is 13.2 Å². The fourth-order valence-electron chi connectivity index (χ4n) is 1.65. The minimum atomic E-state index is 0.103. The van der Waals surface area contributed by atoms with Crippen LogP contribution in [0.25, 0.3) is 0 Å². The van der Waals surface area contributed by atoms with Crippen LogP contribution in [0.4, 0.5) is 5.69 Å². The van der Waals surface area contributed by atoms with Crippen molar-refractivity contribution in [3.8, 4) is 11.5 Å². The molecule has 2 rings (SSSR count). The monoisotopic (exact) mass is 278 g/mol. The molecule has 100 valence electrons. The molecule has 0 heterocycles.